The first-order chi connectivity index (χ1) is 9.63. The van der Waals surface area contributed by atoms with E-state index in [1.807, 2.05) is 0 Å². The van der Waals surface area contributed by atoms with E-state index in [2.05, 4.69) is 18.6 Å². The Morgan fingerprint density at radius 2 is 1.85 bits per heavy atom. The van der Waals surface area contributed by atoms with Gasteiger partial charge in [0, 0.05) is 13.5 Å². The van der Waals surface area contributed by atoms with Gasteiger partial charge in [0.05, 0.1) is 25.4 Å². The molecule has 1 N–H and O–H groups in total. The number of rotatable bonds is 13. The maximum Gasteiger partial charge on any atom is 0.505 e. The minimum absolute atomic E-state index is 0.0513. The van der Waals surface area contributed by atoms with Crippen molar-refractivity contribution in [1.29, 1.82) is 0 Å². The van der Waals surface area contributed by atoms with Crippen LogP contribution in [-0.4, -0.2) is 43.8 Å². The van der Waals surface area contributed by atoms with Crippen molar-refractivity contribution < 1.29 is 24.1 Å². The summed E-state index contributed by atoms with van der Waals surface area (Å²) in [5.74, 6) is 0. The third-order valence-electron chi connectivity index (χ3n) is 3.35. The molecule has 0 heterocycles. The number of hydrogen-bond donors (Lipinski definition) is 1. The summed E-state index contributed by atoms with van der Waals surface area (Å²) in [6.45, 7) is 4.98. The second-order valence-corrected chi connectivity index (χ2v) is 4.97. The molecule has 0 aromatic rings. The maximum atomic E-state index is 10.4. The number of carboxylic acid groups (broad SMARTS) is 1. The lowest BCUT2D eigenvalue weighted by atomic mass is 10.1. The lowest BCUT2D eigenvalue weighted by Crippen LogP contribution is -2.24. The summed E-state index contributed by atoms with van der Waals surface area (Å²) in [5, 5.41) is 8.48. The van der Waals surface area contributed by atoms with Gasteiger partial charge in [-0.05, 0) is 12.8 Å². The maximum absolute atomic E-state index is 10.4. The standard InChI is InChI=1S/C15H30O5/c1-4-6-7-8-9-14(10-11-19-15(16)17)20-12-13(5-2)18-3/h13-14H,4-12H2,1-3H3,(H,16,17). The van der Waals surface area contributed by atoms with Crippen molar-refractivity contribution >= 4 is 6.16 Å². The molecule has 0 rings (SSSR count). The van der Waals surface area contributed by atoms with Crippen molar-refractivity contribution in [3.8, 4) is 0 Å². The molecule has 2 unspecified atom stereocenters. The van der Waals surface area contributed by atoms with Crippen LogP contribution < -0.4 is 0 Å². The Kier molecular flexibility index (Phi) is 12.7. The van der Waals surface area contributed by atoms with Crippen molar-refractivity contribution in [3.63, 3.8) is 0 Å². The third-order valence-corrected chi connectivity index (χ3v) is 3.35. The third kappa shape index (κ3) is 11.1. The Balaban J connectivity index is 3.99. The summed E-state index contributed by atoms with van der Waals surface area (Å²) < 4.78 is 15.7. The van der Waals surface area contributed by atoms with E-state index in [1.165, 1.54) is 19.3 Å². The zero-order valence-electron chi connectivity index (χ0n) is 13.1. The highest BCUT2D eigenvalue weighted by Crippen LogP contribution is 2.13. The van der Waals surface area contributed by atoms with E-state index < -0.39 is 6.16 Å². The predicted molar refractivity (Wildman–Crippen MR) is 78.2 cm³/mol. The fourth-order valence-corrected chi connectivity index (χ4v) is 1.98. The highest BCUT2D eigenvalue weighted by molar-refractivity contribution is 5.56. The molecule has 0 saturated heterocycles. The molecule has 2 atom stereocenters. The second kappa shape index (κ2) is 13.2. The van der Waals surface area contributed by atoms with Crippen LogP contribution in [0.4, 0.5) is 4.79 Å². The number of unbranched alkanes of at least 4 members (excludes halogenated alkanes) is 3. The molecule has 0 aliphatic carbocycles. The minimum atomic E-state index is -1.22. The van der Waals surface area contributed by atoms with Gasteiger partial charge in [-0.3, -0.25) is 0 Å². The summed E-state index contributed by atoms with van der Waals surface area (Å²) >= 11 is 0. The van der Waals surface area contributed by atoms with Gasteiger partial charge in [-0.1, -0.05) is 39.5 Å². The monoisotopic (exact) mass is 290 g/mol. The van der Waals surface area contributed by atoms with Gasteiger partial charge in [-0.25, -0.2) is 4.79 Å². The summed E-state index contributed by atoms with van der Waals surface area (Å²) in [5.41, 5.74) is 0. The van der Waals surface area contributed by atoms with Gasteiger partial charge in [-0.2, -0.15) is 0 Å². The fraction of sp³-hybridized carbons (Fsp3) is 0.933. The van der Waals surface area contributed by atoms with E-state index >= 15 is 0 Å². The van der Waals surface area contributed by atoms with Crippen LogP contribution in [0.5, 0.6) is 0 Å². The Hall–Kier alpha value is -0.810. The molecule has 120 valence electrons. The van der Waals surface area contributed by atoms with Gasteiger partial charge in [0.2, 0.25) is 0 Å². The predicted octanol–water partition coefficient (Wildman–Crippen LogP) is 3.85. The Morgan fingerprint density at radius 3 is 2.40 bits per heavy atom. The summed E-state index contributed by atoms with van der Waals surface area (Å²) in [4.78, 5) is 10.4. The Labute approximate surface area is 122 Å². The summed E-state index contributed by atoms with van der Waals surface area (Å²) in [6.07, 6.45) is 6.13. The molecule has 0 amide bonds. The molecule has 0 aliphatic rings. The van der Waals surface area contributed by atoms with Crippen molar-refractivity contribution in [3.05, 3.63) is 0 Å². The van der Waals surface area contributed by atoms with Crippen LogP contribution in [0.3, 0.4) is 0 Å². The van der Waals surface area contributed by atoms with Crippen molar-refractivity contribution in [2.75, 3.05) is 20.3 Å². The average Bonchev–Trinajstić information content (AvgIpc) is 2.43. The smallest absolute Gasteiger partial charge is 0.450 e. The quantitative estimate of drug-likeness (QED) is 0.412. The number of hydrogen-bond acceptors (Lipinski definition) is 4. The first-order valence-corrected chi connectivity index (χ1v) is 7.64. The zero-order valence-corrected chi connectivity index (χ0v) is 13.1. The van der Waals surface area contributed by atoms with Crippen LogP contribution in [0, 0.1) is 0 Å². The highest BCUT2D eigenvalue weighted by Gasteiger charge is 2.13. The lowest BCUT2D eigenvalue weighted by molar-refractivity contribution is -0.0404. The average molecular weight is 290 g/mol. The molecule has 0 saturated carbocycles. The second-order valence-electron chi connectivity index (χ2n) is 4.97. The molecule has 5 nitrogen and oxygen atoms in total. The SMILES string of the molecule is CCCCCCC(CCOC(=O)O)OCC(CC)OC. The molecular weight excluding hydrogens is 260 g/mol. The van der Waals surface area contributed by atoms with Gasteiger partial charge in [0.15, 0.2) is 0 Å². The molecule has 0 spiro atoms. The van der Waals surface area contributed by atoms with E-state index in [1.54, 1.807) is 7.11 Å². The molecule has 5 heteroatoms. The number of methoxy groups -OCH3 is 1. The first kappa shape index (κ1) is 19.2. The van der Waals surface area contributed by atoms with Crippen LogP contribution in [0.25, 0.3) is 0 Å². The molecule has 0 radical (unpaired) electrons. The lowest BCUT2D eigenvalue weighted by Gasteiger charge is -2.21. The topological polar surface area (TPSA) is 65.0 Å². The molecule has 0 bridgehead atoms. The van der Waals surface area contributed by atoms with E-state index in [9.17, 15) is 4.79 Å². The Morgan fingerprint density at radius 1 is 1.10 bits per heavy atom. The number of ether oxygens (including phenoxy) is 3. The molecule has 0 aliphatic heterocycles. The van der Waals surface area contributed by atoms with Gasteiger partial charge < -0.3 is 19.3 Å². The van der Waals surface area contributed by atoms with Crippen LogP contribution in [0.2, 0.25) is 0 Å². The van der Waals surface area contributed by atoms with Crippen molar-refractivity contribution in [2.24, 2.45) is 0 Å². The summed E-state index contributed by atoms with van der Waals surface area (Å²) in [6, 6.07) is 0. The largest absolute Gasteiger partial charge is 0.505 e. The molecular formula is C15H30O5. The van der Waals surface area contributed by atoms with Crippen molar-refractivity contribution in [1.82, 2.24) is 0 Å². The van der Waals surface area contributed by atoms with Gasteiger partial charge in [0.1, 0.15) is 0 Å². The molecule has 0 fully saturated rings. The molecule has 20 heavy (non-hydrogen) atoms. The van der Waals surface area contributed by atoms with Crippen molar-refractivity contribution in [2.45, 2.75) is 71.0 Å². The van der Waals surface area contributed by atoms with Gasteiger partial charge >= 0.3 is 6.16 Å². The zero-order chi connectivity index (χ0) is 15.2. The van der Waals surface area contributed by atoms with E-state index in [0.29, 0.717) is 13.0 Å². The Bertz CT molecular complexity index is 228. The fourth-order valence-electron chi connectivity index (χ4n) is 1.98. The first-order valence-electron chi connectivity index (χ1n) is 7.64. The summed E-state index contributed by atoms with van der Waals surface area (Å²) in [7, 11) is 1.68. The van der Waals surface area contributed by atoms with Crippen LogP contribution >= 0.6 is 0 Å². The number of carbonyl (C=O) groups is 1. The van der Waals surface area contributed by atoms with E-state index in [0.717, 1.165) is 19.3 Å². The molecule has 0 aromatic heterocycles. The normalized spacial score (nSPS) is 13.9. The van der Waals surface area contributed by atoms with Crippen LogP contribution in [0.1, 0.15) is 58.8 Å². The highest BCUT2D eigenvalue weighted by atomic mass is 16.7. The van der Waals surface area contributed by atoms with E-state index in [4.69, 9.17) is 14.6 Å². The van der Waals surface area contributed by atoms with Gasteiger partial charge in [-0.15, -0.1) is 0 Å². The van der Waals surface area contributed by atoms with Gasteiger partial charge in [0.25, 0.3) is 0 Å². The molecule has 0 aromatic carbocycles. The minimum Gasteiger partial charge on any atom is -0.450 e. The van der Waals surface area contributed by atoms with Crippen LogP contribution in [-0.2, 0) is 14.2 Å². The van der Waals surface area contributed by atoms with E-state index in [-0.39, 0.29) is 18.8 Å². The van der Waals surface area contributed by atoms with Crippen LogP contribution in [0.15, 0.2) is 0 Å².